The molecule has 1 unspecified atom stereocenters. The van der Waals surface area contributed by atoms with E-state index < -0.39 is 47.8 Å². The molecular weight excluding hydrogens is 388 g/mol. The standard InChI is InChI=1S/C18H20N2O9/c21-13-7-8-14(22)19(13)28-17(25)11-3-1-2-4-12(6-5-11)27-18(26)29-20-15(23)9-10-16(20)24/h2,4,11-12H,1,3,5-10H2/b4-2+/t11-,12?/m1/s1. The van der Waals surface area contributed by atoms with Gasteiger partial charge in [0.05, 0.1) is 5.92 Å². The van der Waals surface area contributed by atoms with Gasteiger partial charge in [0, 0.05) is 25.7 Å². The molecule has 0 spiro atoms. The molecule has 3 aliphatic rings. The van der Waals surface area contributed by atoms with Crippen LogP contribution < -0.4 is 0 Å². The van der Waals surface area contributed by atoms with Crippen molar-refractivity contribution in [1.82, 2.24) is 10.1 Å². The minimum absolute atomic E-state index is 0.0135. The first-order chi connectivity index (χ1) is 13.8. The fourth-order valence-corrected chi connectivity index (χ4v) is 3.19. The summed E-state index contributed by atoms with van der Waals surface area (Å²) in [6, 6.07) is 0. The Kier molecular flexibility index (Phi) is 6.25. The van der Waals surface area contributed by atoms with Crippen LogP contribution in [-0.2, 0) is 38.4 Å². The summed E-state index contributed by atoms with van der Waals surface area (Å²) >= 11 is 0. The third kappa shape index (κ3) is 4.98. The van der Waals surface area contributed by atoms with E-state index in [1.807, 2.05) is 0 Å². The Labute approximate surface area is 165 Å². The van der Waals surface area contributed by atoms with Gasteiger partial charge in [-0.15, -0.1) is 5.06 Å². The molecule has 2 atom stereocenters. The Hall–Kier alpha value is -3.24. The normalized spacial score (nSPS) is 26.2. The molecule has 2 fully saturated rings. The number of nitrogens with zero attached hydrogens (tertiary/aromatic N) is 2. The van der Waals surface area contributed by atoms with Gasteiger partial charge in [-0.05, 0) is 31.8 Å². The maximum Gasteiger partial charge on any atom is 0.534 e. The molecule has 0 aromatic carbocycles. The van der Waals surface area contributed by atoms with Crippen LogP contribution in [0.1, 0.15) is 51.4 Å². The summed E-state index contributed by atoms with van der Waals surface area (Å²) < 4.78 is 5.12. The summed E-state index contributed by atoms with van der Waals surface area (Å²) in [6.45, 7) is 0. The summed E-state index contributed by atoms with van der Waals surface area (Å²) in [4.78, 5) is 79.9. The van der Waals surface area contributed by atoms with Crippen molar-refractivity contribution in [3.05, 3.63) is 12.2 Å². The summed E-state index contributed by atoms with van der Waals surface area (Å²) in [5, 5.41) is 0.894. The highest BCUT2D eigenvalue weighted by Gasteiger charge is 2.36. The van der Waals surface area contributed by atoms with Gasteiger partial charge in [0.25, 0.3) is 23.6 Å². The number of imide groups is 2. The zero-order valence-electron chi connectivity index (χ0n) is 15.5. The molecule has 1 aliphatic carbocycles. The molecule has 2 heterocycles. The van der Waals surface area contributed by atoms with E-state index in [2.05, 4.69) is 4.84 Å². The van der Waals surface area contributed by atoms with E-state index in [1.54, 1.807) is 12.2 Å². The molecule has 4 amide bonds. The smallest absolute Gasteiger partial charge is 0.425 e. The van der Waals surface area contributed by atoms with Gasteiger partial charge in [-0.1, -0.05) is 11.1 Å². The summed E-state index contributed by atoms with van der Waals surface area (Å²) in [7, 11) is 0. The second-order valence-corrected chi connectivity index (χ2v) is 6.85. The van der Waals surface area contributed by atoms with E-state index in [0.717, 1.165) is 0 Å². The number of ether oxygens (including phenoxy) is 1. The Morgan fingerprint density at radius 3 is 1.93 bits per heavy atom. The minimum atomic E-state index is -1.20. The number of hydrogen-bond donors (Lipinski definition) is 0. The van der Waals surface area contributed by atoms with Crippen LogP contribution >= 0.6 is 0 Å². The Balaban J connectivity index is 1.51. The van der Waals surface area contributed by atoms with Crippen LogP contribution in [0.15, 0.2) is 12.2 Å². The van der Waals surface area contributed by atoms with Gasteiger partial charge in [0.1, 0.15) is 6.10 Å². The highest BCUT2D eigenvalue weighted by Crippen LogP contribution is 2.24. The van der Waals surface area contributed by atoms with E-state index in [0.29, 0.717) is 23.0 Å². The highest BCUT2D eigenvalue weighted by atomic mass is 16.8. The predicted octanol–water partition coefficient (Wildman–Crippen LogP) is 0.926. The second kappa shape index (κ2) is 8.84. The van der Waals surface area contributed by atoms with Crippen molar-refractivity contribution in [3.63, 3.8) is 0 Å². The van der Waals surface area contributed by atoms with E-state index in [-0.39, 0.29) is 38.5 Å². The summed E-state index contributed by atoms with van der Waals surface area (Å²) in [6.07, 6.45) is 2.84. The van der Waals surface area contributed by atoms with Crippen molar-refractivity contribution in [2.24, 2.45) is 5.92 Å². The molecule has 0 aromatic heterocycles. The van der Waals surface area contributed by atoms with Gasteiger partial charge in [0.15, 0.2) is 0 Å². The lowest BCUT2D eigenvalue weighted by atomic mass is 9.93. The van der Waals surface area contributed by atoms with Crippen molar-refractivity contribution < 1.29 is 43.2 Å². The van der Waals surface area contributed by atoms with Gasteiger partial charge in [-0.3, -0.25) is 24.0 Å². The van der Waals surface area contributed by atoms with Gasteiger partial charge < -0.3 is 9.57 Å². The third-order valence-corrected chi connectivity index (χ3v) is 4.77. The Morgan fingerprint density at radius 2 is 1.34 bits per heavy atom. The fraction of sp³-hybridized carbons (Fsp3) is 0.556. The maximum absolute atomic E-state index is 12.3. The van der Waals surface area contributed by atoms with E-state index in [9.17, 15) is 28.8 Å². The van der Waals surface area contributed by atoms with Crippen LogP contribution in [0, 0.1) is 5.92 Å². The lowest BCUT2D eigenvalue weighted by Gasteiger charge is -2.22. The summed E-state index contributed by atoms with van der Waals surface area (Å²) in [5.41, 5.74) is 0. The topological polar surface area (TPSA) is 137 Å². The number of carbonyl (C=O) groups excluding carboxylic acids is 6. The molecule has 0 aromatic rings. The Morgan fingerprint density at radius 1 is 0.793 bits per heavy atom. The Bertz CT molecular complexity index is 743. The van der Waals surface area contributed by atoms with Crippen molar-refractivity contribution in [2.75, 3.05) is 0 Å². The molecule has 2 aliphatic heterocycles. The van der Waals surface area contributed by atoms with Gasteiger partial charge in [0.2, 0.25) is 0 Å². The number of rotatable bonds is 4. The van der Waals surface area contributed by atoms with E-state index >= 15 is 0 Å². The average Bonchev–Trinajstić information content (AvgIpc) is 3.14. The molecule has 0 bridgehead atoms. The summed E-state index contributed by atoms with van der Waals surface area (Å²) in [5.74, 6) is -3.63. The van der Waals surface area contributed by atoms with Crippen LogP contribution in [0.5, 0.6) is 0 Å². The number of hydroxylamine groups is 4. The first-order valence-corrected chi connectivity index (χ1v) is 9.33. The predicted molar refractivity (Wildman–Crippen MR) is 90.7 cm³/mol. The highest BCUT2D eigenvalue weighted by molar-refractivity contribution is 6.02. The quantitative estimate of drug-likeness (QED) is 0.378. The monoisotopic (exact) mass is 408 g/mol. The second-order valence-electron chi connectivity index (χ2n) is 6.85. The van der Waals surface area contributed by atoms with Crippen LogP contribution in [-0.4, -0.2) is 52.0 Å². The van der Waals surface area contributed by atoms with Gasteiger partial charge >= 0.3 is 12.1 Å². The van der Waals surface area contributed by atoms with Crippen LogP contribution in [0.4, 0.5) is 4.79 Å². The molecule has 11 nitrogen and oxygen atoms in total. The van der Waals surface area contributed by atoms with Crippen molar-refractivity contribution in [2.45, 2.75) is 57.5 Å². The first kappa shape index (κ1) is 20.5. The number of hydrogen-bond acceptors (Lipinski definition) is 9. The molecule has 3 rings (SSSR count). The van der Waals surface area contributed by atoms with Crippen LogP contribution in [0.2, 0.25) is 0 Å². The lowest BCUT2D eigenvalue weighted by molar-refractivity contribution is -0.201. The zero-order valence-corrected chi connectivity index (χ0v) is 15.5. The molecule has 156 valence electrons. The SMILES string of the molecule is O=C(OC1/C=C/CC[C@@H](C(=O)ON2C(=O)CCC2=O)CC1)ON1C(=O)CCC1=O. The van der Waals surface area contributed by atoms with Crippen LogP contribution in [0.3, 0.4) is 0 Å². The van der Waals surface area contributed by atoms with Crippen molar-refractivity contribution in [1.29, 1.82) is 0 Å². The number of amides is 4. The van der Waals surface area contributed by atoms with Crippen molar-refractivity contribution in [3.8, 4) is 0 Å². The average molecular weight is 408 g/mol. The molecule has 11 heteroatoms. The first-order valence-electron chi connectivity index (χ1n) is 9.33. The van der Waals surface area contributed by atoms with Crippen LogP contribution in [0.25, 0.3) is 0 Å². The fourth-order valence-electron chi connectivity index (χ4n) is 3.19. The molecule has 2 saturated heterocycles. The molecule has 0 N–H and O–H groups in total. The van der Waals surface area contributed by atoms with Gasteiger partial charge in [-0.25, -0.2) is 9.59 Å². The number of allylic oxidation sites excluding steroid dienone is 1. The third-order valence-electron chi connectivity index (χ3n) is 4.77. The largest absolute Gasteiger partial charge is 0.534 e. The molecular formula is C18H20N2O9. The van der Waals surface area contributed by atoms with E-state index in [1.165, 1.54) is 0 Å². The molecule has 0 saturated carbocycles. The van der Waals surface area contributed by atoms with E-state index in [4.69, 9.17) is 9.57 Å². The zero-order chi connectivity index (χ0) is 21.0. The lowest BCUT2D eigenvalue weighted by Crippen LogP contribution is -2.35. The van der Waals surface area contributed by atoms with Crippen molar-refractivity contribution >= 4 is 35.8 Å². The number of carbonyl (C=O) groups is 6. The molecule has 0 radical (unpaired) electrons. The minimum Gasteiger partial charge on any atom is -0.425 e. The molecule has 29 heavy (non-hydrogen) atoms. The van der Waals surface area contributed by atoms with Gasteiger partial charge in [-0.2, -0.15) is 0 Å². The maximum atomic E-state index is 12.3.